The molecular weight excluding hydrogens is 262 g/mol. The van der Waals surface area contributed by atoms with Gasteiger partial charge in [-0.2, -0.15) is 5.26 Å². The number of amides is 1. The fourth-order valence-corrected chi connectivity index (χ4v) is 1.79. The van der Waals surface area contributed by atoms with Crippen LogP contribution < -0.4 is 11.1 Å². The maximum Gasteiger partial charge on any atom is 0.248 e. The first-order valence-electron chi connectivity index (χ1n) is 5.46. The minimum atomic E-state index is -0.465. The minimum Gasteiger partial charge on any atom is -0.366 e. The highest BCUT2D eigenvalue weighted by atomic mass is 35.5. The van der Waals surface area contributed by atoms with Crippen molar-refractivity contribution in [2.75, 3.05) is 5.32 Å². The van der Waals surface area contributed by atoms with E-state index in [4.69, 9.17) is 22.6 Å². The first-order chi connectivity index (χ1) is 9.10. The number of nitrogens with zero attached hydrogens (tertiary/aromatic N) is 1. The van der Waals surface area contributed by atoms with Crippen LogP contribution in [0.5, 0.6) is 0 Å². The highest BCUT2D eigenvalue weighted by Crippen LogP contribution is 2.23. The predicted octanol–water partition coefficient (Wildman–Crippen LogP) is 3.05. The van der Waals surface area contributed by atoms with Crippen LogP contribution >= 0.6 is 11.6 Å². The Morgan fingerprint density at radius 3 is 2.32 bits per heavy atom. The number of hydrogen-bond donors (Lipinski definition) is 2. The molecule has 0 bridgehead atoms. The Bertz CT molecular complexity index is 659. The second kappa shape index (κ2) is 5.42. The molecule has 5 heteroatoms. The van der Waals surface area contributed by atoms with Gasteiger partial charge in [0.1, 0.15) is 6.07 Å². The van der Waals surface area contributed by atoms with Crippen molar-refractivity contribution in [3.8, 4) is 6.07 Å². The summed E-state index contributed by atoms with van der Waals surface area (Å²) < 4.78 is 0. The molecule has 0 saturated heterocycles. The molecule has 2 rings (SSSR count). The molecule has 0 aliphatic heterocycles. The van der Waals surface area contributed by atoms with Crippen LogP contribution in [0.25, 0.3) is 0 Å². The predicted molar refractivity (Wildman–Crippen MR) is 74.4 cm³/mol. The van der Waals surface area contributed by atoms with Crippen molar-refractivity contribution < 1.29 is 4.79 Å². The van der Waals surface area contributed by atoms with Gasteiger partial charge in [0.2, 0.25) is 5.91 Å². The number of benzene rings is 2. The molecule has 94 valence electrons. The third-order valence-corrected chi connectivity index (χ3v) is 2.86. The fraction of sp³-hybridized carbons (Fsp3) is 0. The van der Waals surface area contributed by atoms with Gasteiger partial charge in [-0.3, -0.25) is 4.79 Å². The van der Waals surface area contributed by atoms with Crippen molar-refractivity contribution in [3.63, 3.8) is 0 Å². The van der Waals surface area contributed by atoms with E-state index in [1.807, 2.05) is 6.07 Å². The normalized spacial score (nSPS) is 9.68. The summed E-state index contributed by atoms with van der Waals surface area (Å²) in [6.45, 7) is 0. The summed E-state index contributed by atoms with van der Waals surface area (Å²) >= 11 is 5.94. The molecule has 0 spiro atoms. The Hall–Kier alpha value is -2.51. The zero-order valence-corrected chi connectivity index (χ0v) is 10.6. The second-order valence-electron chi connectivity index (χ2n) is 3.87. The number of nitrogens with two attached hydrogens (primary N) is 1. The Morgan fingerprint density at radius 1 is 1.16 bits per heavy atom. The van der Waals surface area contributed by atoms with Gasteiger partial charge in [-0.25, -0.2) is 0 Å². The maximum absolute atomic E-state index is 10.9. The van der Waals surface area contributed by atoms with E-state index in [9.17, 15) is 4.79 Å². The van der Waals surface area contributed by atoms with E-state index in [0.717, 1.165) is 11.4 Å². The largest absolute Gasteiger partial charge is 0.366 e. The van der Waals surface area contributed by atoms with Crippen LogP contribution in [0.4, 0.5) is 11.4 Å². The van der Waals surface area contributed by atoms with Crippen molar-refractivity contribution in [1.82, 2.24) is 0 Å². The Kier molecular flexibility index (Phi) is 3.69. The van der Waals surface area contributed by atoms with Gasteiger partial charge in [-0.05, 0) is 42.5 Å². The Balaban J connectivity index is 2.19. The van der Waals surface area contributed by atoms with Crippen LogP contribution in [0.15, 0.2) is 42.5 Å². The molecule has 0 aromatic heterocycles. The third kappa shape index (κ3) is 3.03. The van der Waals surface area contributed by atoms with Crippen LogP contribution in [-0.4, -0.2) is 5.91 Å². The summed E-state index contributed by atoms with van der Waals surface area (Å²) in [5.74, 6) is -0.465. The summed E-state index contributed by atoms with van der Waals surface area (Å²) in [5, 5.41) is 12.3. The van der Waals surface area contributed by atoms with Crippen LogP contribution in [0.2, 0.25) is 5.02 Å². The van der Waals surface area contributed by atoms with Gasteiger partial charge in [0, 0.05) is 16.9 Å². The second-order valence-corrected chi connectivity index (χ2v) is 4.28. The van der Waals surface area contributed by atoms with Crippen LogP contribution in [0.3, 0.4) is 0 Å². The number of rotatable bonds is 3. The number of carbonyl (C=O) groups is 1. The van der Waals surface area contributed by atoms with Gasteiger partial charge in [-0.1, -0.05) is 11.6 Å². The summed E-state index contributed by atoms with van der Waals surface area (Å²) in [5.41, 5.74) is 7.59. The number of carbonyl (C=O) groups excluding carboxylic acids is 1. The first kappa shape index (κ1) is 12.9. The smallest absolute Gasteiger partial charge is 0.248 e. The van der Waals surface area contributed by atoms with Gasteiger partial charge >= 0.3 is 0 Å². The molecule has 2 aromatic carbocycles. The molecule has 4 nitrogen and oxygen atoms in total. The molecule has 0 aliphatic carbocycles. The SMILES string of the molecule is N#Cc1ccc(Nc2ccc(C(N)=O)cc2)cc1Cl. The molecule has 0 unspecified atom stereocenters. The summed E-state index contributed by atoms with van der Waals surface area (Å²) in [4.78, 5) is 10.9. The third-order valence-electron chi connectivity index (χ3n) is 2.55. The molecular formula is C14H10ClN3O. The molecule has 19 heavy (non-hydrogen) atoms. The van der Waals surface area contributed by atoms with Gasteiger partial charge in [-0.15, -0.1) is 0 Å². The van der Waals surface area contributed by atoms with Crippen molar-refractivity contribution in [3.05, 3.63) is 58.6 Å². The number of hydrogen-bond acceptors (Lipinski definition) is 3. The molecule has 2 aromatic rings. The molecule has 0 atom stereocenters. The van der Waals surface area contributed by atoms with E-state index < -0.39 is 5.91 Å². The minimum absolute atomic E-state index is 0.390. The highest BCUT2D eigenvalue weighted by Gasteiger charge is 2.03. The average Bonchev–Trinajstić information content (AvgIpc) is 2.39. The van der Waals surface area contributed by atoms with Crippen LogP contribution in [0, 0.1) is 11.3 Å². The van der Waals surface area contributed by atoms with Gasteiger partial charge in [0.25, 0.3) is 0 Å². The number of nitriles is 1. The summed E-state index contributed by atoms with van der Waals surface area (Å²) in [7, 11) is 0. The number of nitrogens with one attached hydrogen (secondary N) is 1. The molecule has 1 amide bonds. The quantitative estimate of drug-likeness (QED) is 0.900. The van der Waals surface area contributed by atoms with E-state index in [1.165, 1.54) is 0 Å². The monoisotopic (exact) mass is 271 g/mol. The lowest BCUT2D eigenvalue weighted by atomic mass is 10.2. The Morgan fingerprint density at radius 2 is 1.79 bits per heavy atom. The van der Waals surface area contributed by atoms with Crippen molar-refractivity contribution >= 4 is 28.9 Å². The lowest BCUT2D eigenvalue weighted by Crippen LogP contribution is -2.10. The number of primary amides is 1. The standard InChI is InChI=1S/C14H10ClN3O/c15-13-7-12(6-3-10(13)8-16)18-11-4-1-9(2-5-11)14(17)19/h1-7,18H,(H2,17,19). The van der Waals surface area contributed by atoms with Crippen molar-refractivity contribution in [2.45, 2.75) is 0 Å². The van der Waals surface area contributed by atoms with Gasteiger partial charge < -0.3 is 11.1 Å². The van der Waals surface area contributed by atoms with Crippen LogP contribution in [-0.2, 0) is 0 Å². The lowest BCUT2D eigenvalue weighted by Gasteiger charge is -2.07. The van der Waals surface area contributed by atoms with Gasteiger partial charge in [0.15, 0.2) is 0 Å². The zero-order valence-electron chi connectivity index (χ0n) is 9.85. The highest BCUT2D eigenvalue weighted by molar-refractivity contribution is 6.32. The van der Waals surface area contributed by atoms with E-state index in [1.54, 1.807) is 42.5 Å². The molecule has 0 radical (unpaired) electrons. The molecule has 0 heterocycles. The van der Waals surface area contributed by atoms with Crippen molar-refractivity contribution in [1.29, 1.82) is 5.26 Å². The van der Waals surface area contributed by atoms with Gasteiger partial charge in [0.05, 0.1) is 10.6 Å². The van der Waals surface area contributed by atoms with E-state index >= 15 is 0 Å². The zero-order chi connectivity index (χ0) is 13.8. The van der Waals surface area contributed by atoms with E-state index in [2.05, 4.69) is 5.32 Å². The first-order valence-corrected chi connectivity index (χ1v) is 5.84. The van der Waals surface area contributed by atoms with Crippen molar-refractivity contribution in [2.24, 2.45) is 5.73 Å². The van der Waals surface area contributed by atoms with E-state index in [-0.39, 0.29) is 0 Å². The van der Waals surface area contributed by atoms with E-state index in [0.29, 0.717) is 16.1 Å². The van der Waals surface area contributed by atoms with Crippen LogP contribution in [0.1, 0.15) is 15.9 Å². The average molecular weight is 272 g/mol. The maximum atomic E-state index is 10.9. The molecule has 0 aliphatic rings. The molecule has 0 fully saturated rings. The number of anilines is 2. The lowest BCUT2D eigenvalue weighted by molar-refractivity contribution is 0.100. The topological polar surface area (TPSA) is 78.9 Å². The summed E-state index contributed by atoms with van der Waals surface area (Å²) in [6, 6.07) is 13.8. The summed E-state index contributed by atoms with van der Waals surface area (Å²) in [6.07, 6.45) is 0. The Labute approximate surface area is 115 Å². The molecule has 0 saturated carbocycles. The fourth-order valence-electron chi connectivity index (χ4n) is 1.57. The molecule has 3 N–H and O–H groups in total. The number of halogens is 1.